The molecule has 6 heteroatoms. The first-order valence-electron chi connectivity index (χ1n) is 8.41. The van der Waals surface area contributed by atoms with E-state index in [9.17, 15) is 4.79 Å². The Labute approximate surface area is 136 Å². The van der Waals surface area contributed by atoms with Gasteiger partial charge in [-0.2, -0.15) is 5.10 Å². The number of aromatic nitrogens is 4. The van der Waals surface area contributed by atoms with Crippen LogP contribution in [0.5, 0.6) is 0 Å². The normalized spacial score (nSPS) is 15.5. The van der Waals surface area contributed by atoms with E-state index in [4.69, 9.17) is 0 Å². The number of nitrogens with zero attached hydrogens (tertiary/aromatic N) is 4. The van der Waals surface area contributed by atoms with Gasteiger partial charge in [-0.3, -0.25) is 4.79 Å². The van der Waals surface area contributed by atoms with Gasteiger partial charge in [0.05, 0.1) is 12.2 Å². The van der Waals surface area contributed by atoms with E-state index in [1.807, 2.05) is 28.6 Å². The summed E-state index contributed by atoms with van der Waals surface area (Å²) in [6.45, 7) is 6.43. The second-order valence-electron chi connectivity index (χ2n) is 6.68. The summed E-state index contributed by atoms with van der Waals surface area (Å²) in [4.78, 5) is 16.8. The lowest BCUT2D eigenvalue weighted by Gasteiger charge is -2.16. The SMILES string of the molecule is Cc1cnn(C2CCCC2)c1NC(=O)Cn1ccnc1C(C)C. The van der Waals surface area contributed by atoms with Gasteiger partial charge in [0.2, 0.25) is 5.91 Å². The molecule has 0 atom stereocenters. The van der Waals surface area contributed by atoms with Crippen LogP contribution in [0.2, 0.25) is 0 Å². The van der Waals surface area contributed by atoms with Crippen molar-refractivity contribution in [2.24, 2.45) is 0 Å². The molecule has 2 aromatic heterocycles. The molecule has 0 aromatic carbocycles. The van der Waals surface area contributed by atoms with Gasteiger partial charge in [-0.25, -0.2) is 9.67 Å². The van der Waals surface area contributed by atoms with Gasteiger partial charge in [0.25, 0.3) is 0 Å². The van der Waals surface area contributed by atoms with E-state index in [-0.39, 0.29) is 12.5 Å². The number of anilines is 1. The van der Waals surface area contributed by atoms with Gasteiger partial charge >= 0.3 is 0 Å². The Balaban J connectivity index is 1.73. The maximum Gasteiger partial charge on any atom is 0.245 e. The van der Waals surface area contributed by atoms with Crippen molar-refractivity contribution in [2.45, 2.75) is 65.0 Å². The van der Waals surface area contributed by atoms with Crippen LogP contribution >= 0.6 is 0 Å². The number of rotatable bonds is 5. The number of imidazole rings is 1. The Morgan fingerprint density at radius 3 is 2.83 bits per heavy atom. The van der Waals surface area contributed by atoms with E-state index in [0.29, 0.717) is 12.0 Å². The summed E-state index contributed by atoms with van der Waals surface area (Å²) in [7, 11) is 0. The molecule has 0 aliphatic heterocycles. The van der Waals surface area contributed by atoms with Gasteiger partial charge in [0.1, 0.15) is 18.2 Å². The van der Waals surface area contributed by atoms with Crippen LogP contribution in [-0.2, 0) is 11.3 Å². The number of carbonyl (C=O) groups is 1. The highest BCUT2D eigenvalue weighted by atomic mass is 16.2. The van der Waals surface area contributed by atoms with Crippen molar-refractivity contribution in [3.8, 4) is 0 Å². The van der Waals surface area contributed by atoms with Crippen molar-refractivity contribution in [1.29, 1.82) is 0 Å². The van der Waals surface area contributed by atoms with Crippen LogP contribution in [0, 0.1) is 6.92 Å². The molecule has 1 N–H and O–H groups in total. The molecule has 6 nitrogen and oxygen atoms in total. The average molecular weight is 315 g/mol. The van der Waals surface area contributed by atoms with Gasteiger partial charge in [-0.1, -0.05) is 26.7 Å². The summed E-state index contributed by atoms with van der Waals surface area (Å²) in [5.41, 5.74) is 1.01. The fourth-order valence-corrected chi connectivity index (χ4v) is 3.31. The van der Waals surface area contributed by atoms with Gasteiger partial charge in [0.15, 0.2) is 0 Å². The molecule has 3 rings (SSSR count). The summed E-state index contributed by atoms with van der Waals surface area (Å²) in [6, 6.07) is 0.415. The lowest BCUT2D eigenvalue weighted by atomic mass is 10.2. The van der Waals surface area contributed by atoms with E-state index in [1.54, 1.807) is 6.20 Å². The smallest absolute Gasteiger partial charge is 0.245 e. The van der Waals surface area contributed by atoms with E-state index in [1.165, 1.54) is 12.8 Å². The Hall–Kier alpha value is -2.11. The van der Waals surface area contributed by atoms with Gasteiger partial charge < -0.3 is 9.88 Å². The molecule has 0 bridgehead atoms. The molecule has 1 amide bonds. The van der Waals surface area contributed by atoms with Crippen LogP contribution in [0.15, 0.2) is 18.6 Å². The Kier molecular flexibility index (Phi) is 4.50. The highest BCUT2D eigenvalue weighted by molar-refractivity contribution is 5.90. The Bertz CT molecular complexity index is 679. The third kappa shape index (κ3) is 3.30. The largest absolute Gasteiger partial charge is 0.325 e. The monoisotopic (exact) mass is 315 g/mol. The molecule has 0 radical (unpaired) electrons. The van der Waals surface area contributed by atoms with Crippen molar-refractivity contribution in [2.75, 3.05) is 5.32 Å². The number of hydrogen-bond donors (Lipinski definition) is 1. The molecule has 0 unspecified atom stereocenters. The second kappa shape index (κ2) is 6.56. The standard InChI is InChI=1S/C17H25N5O/c1-12(2)16-18-8-9-21(16)11-15(23)20-17-13(3)10-19-22(17)14-6-4-5-7-14/h8-10,12,14H,4-7,11H2,1-3H3,(H,20,23). The average Bonchev–Trinajstić information content (AvgIpc) is 3.21. The molecule has 2 heterocycles. The molecule has 1 aliphatic carbocycles. The second-order valence-corrected chi connectivity index (χ2v) is 6.68. The minimum Gasteiger partial charge on any atom is -0.325 e. The number of carbonyl (C=O) groups excluding carboxylic acids is 1. The number of nitrogens with one attached hydrogen (secondary N) is 1. The van der Waals surface area contributed by atoms with Crippen LogP contribution in [-0.4, -0.2) is 25.2 Å². The van der Waals surface area contributed by atoms with Crippen molar-refractivity contribution in [3.05, 3.63) is 30.0 Å². The van der Waals surface area contributed by atoms with Crippen LogP contribution in [0.1, 0.15) is 62.9 Å². The molecular formula is C17H25N5O. The van der Waals surface area contributed by atoms with E-state index >= 15 is 0 Å². The lowest BCUT2D eigenvalue weighted by Crippen LogP contribution is -2.23. The molecule has 23 heavy (non-hydrogen) atoms. The molecule has 0 saturated heterocycles. The maximum atomic E-state index is 12.5. The summed E-state index contributed by atoms with van der Waals surface area (Å²) in [5.74, 6) is 2.03. The zero-order valence-corrected chi connectivity index (χ0v) is 14.1. The maximum absolute atomic E-state index is 12.5. The predicted octanol–water partition coefficient (Wildman–Crippen LogP) is 3.27. The van der Waals surface area contributed by atoms with E-state index in [2.05, 4.69) is 29.2 Å². The van der Waals surface area contributed by atoms with Gasteiger partial charge in [0, 0.05) is 23.9 Å². The van der Waals surface area contributed by atoms with Crippen molar-refractivity contribution < 1.29 is 4.79 Å². The predicted molar refractivity (Wildman–Crippen MR) is 89.4 cm³/mol. The molecule has 1 saturated carbocycles. The zero-order chi connectivity index (χ0) is 16.4. The quantitative estimate of drug-likeness (QED) is 0.921. The van der Waals surface area contributed by atoms with Crippen molar-refractivity contribution in [1.82, 2.24) is 19.3 Å². The first kappa shape index (κ1) is 15.8. The van der Waals surface area contributed by atoms with Crippen LogP contribution in [0.25, 0.3) is 0 Å². The first-order valence-corrected chi connectivity index (χ1v) is 8.41. The zero-order valence-electron chi connectivity index (χ0n) is 14.1. The molecule has 124 valence electrons. The van der Waals surface area contributed by atoms with Crippen LogP contribution in [0.3, 0.4) is 0 Å². The minimum absolute atomic E-state index is 0.0345. The van der Waals surface area contributed by atoms with Crippen molar-refractivity contribution >= 4 is 11.7 Å². The molecular weight excluding hydrogens is 290 g/mol. The Morgan fingerprint density at radius 1 is 1.39 bits per heavy atom. The lowest BCUT2D eigenvalue weighted by molar-refractivity contribution is -0.116. The van der Waals surface area contributed by atoms with Crippen LogP contribution < -0.4 is 5.32 Å². The summed E-state index contributed by atoms with van der Waals surface area (Å²) in [6.07, 6.45) is 10.2. The highest BCUT2D eigenvalue weighted by Crippen LogP contribution is 2.32. The van der Waals surface area contributed by atoms with Crippen LogP contribution in [0.4, 0.5) is 5.82 Å². The molecule has 1 fully saturated rings. The van der Waals surface area contributed by atoms with E-state index < -0.39 is 0 Å². The first-order chi connectivity index (χ1) is 11.1. The van der Waals surface area contributed by atoms with E-state index in [0.717, 1.165) is 30.0 Å². The fourth-order valence-electron chi connectivity index (χ4n) is 3.31. The molecule has 0 spiro atoms. The number of hydrogen-bond acceptors (Lipinski definition) is 3. The third-order valence-electron chi connectivity index (χ3n) is 4.48. The number of aryl methyl sites for hydroxylation is 1. The summed E-state index contributed by atoms with van der Waals surface area (Å²) < 4.78 is 3.91. The Morgan fingerprint density at radius 2 is 2.13 bits per heavy atom. The van der Waals surface area contributed by atoms with Gasteiger partial charge in [-0.05, 0) is 19.8 Å². The van der Waals surface area contributed by atoms with Crippen molar-refractivity contribution in [3.63, 3.8) is 0 Å². The third-order valence-corrected chi connectivity index (χ3v) is 4.48. The van der Waals surface area contributed by atoms with Gasteiger partial charge in [-0.15, -0.1) is 0 Å². The molecule has 2 aromatic rings. The topological polar surface area (TPSA) is 64.7 Å². The summed E-state index contributed by atoms with van der Waals surface area (Å²) in [5, 5.41) is 7.53. The minimum atomic E-state index is -0.0345. The fraction of sp³-hybridized carbons (Fsp3) is 0.588. The number of amides is 1. The molecule has 1 aliphatic rings. The highest BCUT2D eigenvalue weighted by Gasteiger charge is 2.22. The summed E-state index contributed by atoms with van der Waals surface area (Å²) >= 11 is 0.